The average Bonchev–Trinajstić information content (AvgIpc) is 2.92. The third-order valence-corrected chi connectivity index (χ3v) is 8.20. The first-order chi connectivity index (χ1) is 18.7. The van der Waals surface area contributed by atoms with Crippen LogP contribution in [-0.4, -0.2) is 105 Å². The van der Waals surface area contributed by atoms with E-state index in [1.165, 1.54) is 11.8 Å². The minimum absolute atomic E-state index is 0.0644. The zero-order chi connectivity index (χ0) is 28.0. The minimum atomic E-state index is -4.52. The second-order valence-corrected chi connectivity index (χ2v) is 11.3. The number of halogens is 4. The minimum Gasteiger partial charge on any atom is -0.382 e. The van der Waals surface area contributed by atoms with Gasteiger partial charge in [-0.15, -0.1) is 11.8 Å². The largest absolute Gasteiger partial charge is 0.416 e. The lowest BCUT2D eigenvalue weighted by Crippen LogP contribution is -2.57. The molecule has 0 radical (unpaired) electrons. The summed E-state index contributed by atoms with van der Waals surface area (Å²) in [7, 11) is 1.67. The molecule has 4 rings (SSSR count). The van der Waals surface area contributed by atoms with Crippen LogP contribution in [0.5, 0.6) is 0 Å². The number of rotatable bonds is 9. The third-order valence-electron chi connectivity index (χ3n) is 7.24. The number of carbonyl (C=O) groups excluding carboxylic acids is 1. The van der Waals surface area contributed by atoms with Gasteiger partial charge in [-0.25, -0.2) is 0 Å². The van der Waals surface area contributed by atoms with E-state index >= 15 is 0 Å². The molecule has 0 N–H and O–H groups in total. The summed E-state index contributed by atoms with van der Waals surface area (Å²) in [5, 5.41) is 0.628. The van der Waals surface area contributed by atoms with Crippen LogP contribution in [0.15, 0.2) is 47.4 Å². The molecule has 0 aromatic heterocycles. The maximum absolute atomic E-state index is 13.7. The normalized spacial score (nSPS) is 21.3. The van der Waals surface area contributed by atoms with Gasteiger partial charge in [0.25, 0.3) is 5.91 Å². The Bertz CT molecular complexity index is 1100. The van der Waals surface area contributed by atoms with Crippen molar-refractivity contribution in [3.05, 3.63) is 64.2 Å². The number of methoxy groups -OCH3 is 1. The molecular weight excluding hydrogens is 551 g/mol. The quantitative estimate of drug-likeness (QED) is 0.394. The van der Waals surface area contributed by atoms with Crippen molar-refractivity contribution < 1.29 is 27.4 Å². The Balaban J connectivity index is 1.50. The molecule has 0 aliphatic carbocycles. The van der Waals surface area contributed by atoms with Crippen molar-refractivity contribution in [3.63, 3.8) is 0 Å². The number of thioether (sulfide) groups is 1. The number of morpholine rings is 1. The van der Waals surface area contributed by atoms with Gasteiger partial charge >= 0.3 is 6.18 Å². The molecule has 2 aromatic carbocycles. The van der Waals surface area contributed by atoms with Crippen molar-refractivity contribution in [1.29, 1.82) is 0 Å². The lowest BCUT2D eigenvalue weighted by atomic mass is 10.00. The first-order valence-corrected chi connectivity index (χ1v) is 14.6. The maximum atomic E-state index is 13.7. The predicted molar refractivity (Wildman–Crippen MR) is 148 cm³/mol. The van der Waals surface area contributed by atoms with Gasteiger partial charge in [0.05, 0.1) is 24.9 Å². The van der Waals surface area contributed by atoms with Crippen molar-refractivity contribution in [2.24, 2.45) is 0 Å². The number of amides is 1. The summed E-state index contributed by atoms with van der Waals surface area (Å²) >= 11 is 7.27. The zero-order valence-electron chi connectivity index (χ0n) is 22.3. The van der Waals surface area contributed by atoms with Gasteiger partial charge in [-0.1, -0.05) is 23.7 Å². The van der Waals surface area contributed by atoms with Crippen LogP contribution in [0.25, 0.3) is 0 Å². The Kier molecular flexibility index (Phi) is 10.6. The van der Waals surface area contributed by atoms with Crippen LogP contribution < -0.4 is 0 Å². The first kappa shape index (κ1) is 30.1. The molecule has 0 saturated carbocycles. The number of hydrogen-bond donors (Lipinski definition) is 0. The maximum Gasteiger partial charge on any atom is 0.416 e. The van der Waals surface area contributed by atoms with Gasteiger partial charge in [0.2, 0.25) is 0 Å². The average molecular weight is 586 g/mol. The smallest absolute Gasteiger partial charge is 0.382 e. The number of ether oxygens (including phenoxy) is 2. The molecule has 2 saturated heterocycles. The summed E-state index contributed by atoms with van der Waals surface area (Å²) in [5.41, 5.74) is 0.289. The highest BCUT2D eigenvalue weighted by atomic mass is 35.5. The standard InChI is InChI=1S/C28H35ClF3N3O3S/c1-37-19-25-18-34(11-12-38-25)8-7-33-9-10-35(24(17-33)13-20-3-5-23(29)6-4-20)27(36)21-14-22(28(30,31)32)16-26(15-21)39-2/h3-6,14-16,24-25H,7-13,17-19H2,1-2H3/t24-,25+/m1/s1. The summed E-state index contributed by atoms with van der Waals surface area (Å²) in [5.74, 6) is -0.370. The molecule has 1 amide bonds. The molecule has 0 bridgehead atoms. The number of piperazine rings is 1. The molecule has 214 valence electrons. The first-order valence-electron chi connectivity index (χ1n) is 13.0. The SMILES string of the molecule is COC[C@@H]1CN(CCN2CCN(C(=O)c3cc(SC)cc(C(F)(F)F)c3)[C@H](Cc3ccc(Cl)cc3)C2)CCO1. The van der Waals surface area contributed by atoms with E-state index in [4.69, 9.17) is 21.1 Å². The van der Waals surface area contributed by atoms with Gasteiger partial charge in [0.15, 0.2) is 0 Å². The summed E-state index contributed by atoms with van der Waals surface area (Å²) in [6.07, 6.45) is -2.17. The van der Waals surface area contributed by atoms with Gasteiger partial charge < -0.3 is 14.4 Å². The summed E-state index contributed by atoms with van der Waals surface area (Å²) in [4.78, 5) is 20.6. The van der Waals surface area contributed by atoms with Gasteiger partial charge in [-0.05, 0) is 48.6 Å². The molecule has 2 heterocycles. The Morgan fingerprint density at radius 3 is 2.46 bits per heavy atom. The fourth-order valence-electron chi connectivity index (χ4n) is 5.18. The van der Waals surface area contributed by atoms with Gasteiger partial charge in [0, 0.05) is 74.4 Å². The molecule has 2 aromatic rings. The second kappa shape index (κ2) is 13.7. The van der Waals surface area contributed by atoms with E-state index in [9.17, 15) is 18.0 Å². The van der Waals surface area contributed by atoms with E-state index in [-0.39, 0.29) is 23.6 Å². The van der Waals surface area contributed by atoms with Crippen LogP contribution in [0.2, 0.25) is 5.02 Å². The van der Waals surface area contributed by atoms with Gasteiger partial charge in [-0.2, -0.15) is 13.2 Å². The van der Waals surface area contributed by atoms with Gasteiger partial charge in [-0.3, -0.25) is 14.6 Å². The van der Waals surface area contributed by atoms with E-state index in [0.29, 0.717) is 49.2 Å². The summed E-state index contributed by atoms with van der Waals surface area (Å²) in [6, 6.07) is 10.9. The lowest BCUT2D eigenvalue weighted by molar-refractivity contribution is -0.137. The van der Waals surface area contributed by atoms with Crippen LogP contribution in [0.4, 0.5) is 13.2 Å². The second-order valence-electron chi connectivity index (χ2n) is 9.98. The van der Waals surface area contributed by atoms with Crippen LogP contribution in [-0.2, 0) is 22.1 Å². The van der Waals surface area contributed by atoms with Crippen LogP contribution in [0.3, 0.4) is 0 Å². The lowest BCUT2D eigenvalue weighted by Gasteiger charge is -2.43. The van der Waals surface area contributed by atoms with Crippen LogP contribution >= 0.6 is 23.4 Å². The highest BCUT2D eigenvalue weighted by Crippen LogP contribution is 2.33. The Hall–Kier alpha value is -1.82. The van der Waals surface area contributed by atoms with Crippen molar-refractivity contribution in [1.82, 2.24) is 14.7 Å². The van der Waals surface area contributed by atoms with Gasteiger partial charge in [0.1, 0.15) is 0 Å². The van der Waals surface area contributed by atoms with Crippen molar-refractivity contribution in [3.8, 4) is 0 Å². The highest BCUT2D eigenvalue weighted by Gasteiger charge is 2.35. The fraction of sp³-hybridized carbons (Fsp3) is 0.536. The number of benzene rings is 2. The predicted octanol–water partition coefficient (Wildman–Crippen LogP) is 4.80. The van der Waals surface area contributed by atoms with E-state index in [1.54, 1.807) is 24.3 Å². The number of nitrogens with zero attached hydrogens (tertiary/aromatic N) is 3. The summed E-state index contributed by atoms with van der Waals surface area (Å²) < 4.78 is 51.7. The summed E-state index contributed by atoms with van der Waals surface area (Å²) in [6.45, 7) is 6.34. The Labute approximate surface area is 237 Å². The number of carbonyl (C=O) groups is 1. The molecule has 2 atom stereocenters. The molecule has 11 heteroatoms. The Morgan fingerprint density at radius 2 is 1.79 bits per heavy atom. The molecule has 0 spiro atoms. The Morgan fingerprint density at radius 1 is 1.08 bits per heavy atom. The van der Waals surface area contributed by atoms with Crippen molar-refractivity contribution >= 4 is 29.3 Å². The fourth-order valence-corrected chi connectivity index (χ4v) is 5.80. The topological polar surface area (TPSA) is 45.2 Å². The van der Waals surface area contributed by atoms with E-state index in [1.807, 2.05) is 24.3 Å². The molecule has 0 unspecified atom stereocenters. The van der Waals surface area contributed by atoms with E-state index < -0.39 is 11.7 Å². The molecular formula is C28H35ClF3N3O3S. The molecule has 2 fully saturated rings. The van der Waals surface area contributed by atoms with Crippen LogP contribution in [0.1, 0.15) is 21.5 Å². The van der Waals surface area contributed by atoms with E-state index in [0.717, 1.165) is 43.9 Å². The van der Waals surface area contributed by atoms with Crippen molar-refractivity contribution in [2.75, 3.05) is 72.4 Å². The molecule has 2 aliphatic rings. The van der Waals surface area contributed by atoms with Crippen molar-refractivity contribution in [2.45, 2.75) is 29.6 Å². The number of hydrogen-bond acceptors (Lipinski definition) is 6. The highest BCUT2D eigenvalue weighted by molar-refractivity contribution is 7.98. The van der Waals surface area contributed by atoms with E-state index in [2.05, 4.69) is 9.80 Å². The molecule has 2 aliphatic heterocycles. The third kappa shape index (κ3) is 8.34. The number of alkyl halides is 3. The molecule has 39 heavy (non-hydrogen) atoms. The zero-order valence-corrected chi connectivity index (χ0v) is 23.8. The monoisotopic (exact) mass is 585 g/mol. The molecule has 6 nitrogen and oxygen atoms in total. The van der Waals surface area contributed by atoms with Crippen LogP contribution in [0, 0.1) is 0 Å².